The second-order valence-corrected chi connectivity index (χ2v) is 8.73. The van der Waals surface area contributed by atoms with Crippen LogP contribution in [0.25, 0.3) is 15.3 Å². The van der Waals surface area contributed by atoms with Crippen molar-refractivity contribution in [1.82, 2.24) is 19.6 Å². The van der Waals surface area contributed by atoms with Gasteiger partial charge in [-0.2, -0.15) is 0 Å². The van der Waals surface area contributed by atoms with E-state index in [2.05, 4.69) is 29.0 Å². The van der Waals surface area contributed by atoms with Crippen LogP contribution in [0, 0.1) is 5.92 Å². The fourth-order valence-corrected chi connectivity index (χ4v) is 4.96. The van der Waals surface area contributed by atoms with Crippen molar-refractivity contribution in [2.24, 2.45) is 5.92 Å². The highest BCUT2D eigenvalue weighted by molar-refractivity contribution is 7.21. The van der Waals surface area contributed by atoms with Gasteiger partial charge in [-0.1, -0.05) is 13.8 Å². The summed E-state index contributed by atoms with van der Waals surface area (Å²) in [6.45, 7) is 8.66. The lowest BCUT2D eigenvalue weighted by atomic mass is 10.2. The number of nitrogens with one attached hydrogen (secondary N) is 1. The van der Waals surface area contributed by atoms with Crippen LogP contribution in [-0.4, -0.2) is 59.1 Å². The minimum Gasteiger partial charge on any atom is -0.374 e. The number of fused-ring (bicyclic) bond motifs is 3. The Bertz CT molecular complexity index is 882. The summed E-state index contributed by atoms with van der Waals surface area (Å²) in [4.78, 5) is 22.0. The number of hydrogen-bond acceptors (Lipinski definition) is 6. The Hall–Kier alpha value is -1.48. The van der Waals surface area contributed by atoms with Crippen LogP contribution in [-0.2, 0) is 4.74 Å². The van der Waals surface area contributed by atoms with Gasteiger partial charge in [-0.15, -0.1) is 22.7 Å². The molecule has 1 N–H and O–H groups in total. The van der Waals surface area contributed by atoms with Crippen molar-refractivity contribution in [2.75, 3.05) is 32.8 Å². The molecule has 0 saturated carbocycles. The lowest BCUT2D eigenvalue weighted by Gasteiger charge is -2.33. The van der Waals surface area contributed by atoms with E-state index in [1.165, 1.54) is 11.3 Å². The lowest BCUT2D eigenvalue weighted by molar-refractivity contribution is -0.0295. The highest BCUT2D eigenvalue weighted by atomic mass is 32.1. The normalized spacial score (nSPS) is 19.2. The number of nitrogens with zero attached hydrogens (tertiary/aromatic N) is 3. The molecule has 1 saturated heterocycles. The molecule has 8 heteroatoms. The molecular formula is C17H22N4O2S2. The first-order chi connectivity index (χ1) is 12.1. The van der Waals surface area contributed by atoms with Crippen LogP contribution in [0.1, 0.15) is 23.5 Å². The number of aromatic nitrogens is 2. The molecule has 0 aliphatic carbocycles. The predicted molar refractivity (Wildman–Crippen MR) is 102 cm³/mol. The Morgan fingerprint density at radius 3 is 3.24 bits per heavy atom. The van der Waals surface area contributed by atoms with Gasteiger partial charge in [0.15, 0.2) is 4.96 Å². The van der Waals surface area contributed by atoms with E-state index in [0.717, 1.165) is 41.5 Å². The zero-order valence-corrected chi connectivity index (χ0v) is 16.0. The number of ether oxygens (including phenoxy) is 1. The highest BCUT2D eigenvalue weighted by Crippen LogP contribution is 2.28. The number of morpholine rings is 1. The number of imidazole rings is 1. The largest absolute Gasteiger partial charge is 0.374 e. The molecule has 25 heavy (non-hydrogen) atoms. The van der Waals surface area contributed by atoms with E-state index in [1.54, 1.807) is 11.3 Å². The number of thiophene rings is 1. The summed E-state index contributed by atoms with van der Waals surface area (Å²) in [6.07, 6.45) is 2.05. The molecule has 0 radical (unpaired) electrons. The quantitative estimate of drug-likeness (QED) is 0.742. The number of carbonyl (C=O) groups excluding carboxylic acids is 1. The first-order valence-electron chi connectivity index (χ1n) is 8.57. The van der Waals surface area contributed by atoms with Gasteiger partial charge in [0.2, 0.25) is 0 Å². The molecule has 3 aromatic heterocycles. The van der Waals surface area contributed by atoms with Gasteiger partial charge in [0, 0.05) is 37.8 Å². The summed E-state index contributed by atoms with van der Waals surface area (Å²) in [5.74, 6) is 0.599. The molecule has 4 heterocycles. The van der Waals surface area contributed by atoms with Crippen LogP contribution in [0.4, 0.5) is 0 Å². The first kappa shape index (κ1) is 17.0. The molecule has 0 aromatic carbocycles. The van der Waals surface area contributed by atoms with Crippen molar-refractivity contribution >= 4 is 43.9 Å². The summed E-state index contributed by atoms with van der Waals surface area (Å²) >= 11 is 3.04. The summed E-state index contributed by atoms with van der Waals surface area (Å²) in [7, 11) is 0. The number of rotatable bonds is 5. The molecule has 1 fully saturated rings. The van der Waals surface area contributed by atoms with Crippen molar-refractivity contribution in [3.63, 3.8) is 0 Å². The van der Waals surface area contributed by atoms with Gasteiger partial charge in [-0.3, -0.25) is 14.1 Å². The van der Waals surface area contributed by atoms with E-state index in [4.69, 9.17) is 4.74 Å². The summed E-state index contributed by atoms with van der Waals surface area (Å²) < 4.78 is 7.83. The molecule has 1 aliphatic heterocycles. The minimum absolute atomic E-state index is 0.0448. The van der Waals surface area contributed by atoms with Crippen molar-refractivity contribution in [3.8, 4) is 0 Å². The van der Waals surface area contributed by atoms with Crippen LogP contribution in [0.5, 0.6) is 0 Å². The average Bonchev–Trinajstić information content (AvgIpc) is 3.24. The monoisotopic (exact) mass is 378 g/mol. The Labute approximate surface area is 154 Å². The molecule has 1 aliphatic rings. The molecule has 0 spiro atoms. The van der Waals surface area contributed by atoms with E-state index in [9.17, 15) is 4.79 Å². The van der Waals surface area contributed by atoms with Crippen LogP contribution in [0.2, 0.25) is 0 Å². The van der Waals surface area contributed by atoms with E-state index >= 15 is 0 Å². The van der Waals surface area contributed by atoms with Gasteiger partial charge < -0.3 is 10.1 Å². The maximum Gasteiger partial charge on any atom is 0.261 e. The molecule has 1 atom stereocenters. The van der Waals surface area contributed by atoms with Crippen molar-refractivity contribution in [3.05, 3.63) is 22.5 Å². The summed E-state index contributed by atoms with van der Waals surface area (Å²) in [5, 5.41) is 5.02. The Morgan fingerprint density at radius 1 is 1.52 bits per heavy atom. The zero-order valence-electron chi connectivity index (χ0n) is 14.4. The van der Waals surface area contributed by atoms with Crippen molar-refractivity contribution < 1.29 is 9.53 Å². The van der Waals surface area contributed by atoms with E-state index in [-0.39, 0.29) is 12.0 Å². The number of carbonyl (C=O) groups is 1. The summed E-state index contributed by atoms with van der Waals surface area (Å²) in [5.41, 5.74) is 1.00. The van der Waals surface area contributed by atoms with Crippen LogP contribution < -0.4 is 5.32 Å². The third kappa shape index (κ3) is 3.57. The molecule has 0 bridgehead atoms. The van der Waals surface area contributed by atoms with Gasteiger partial charge >= 0.3 is 0 Å². The second-order valence-electron chi connectivity index (χ2n) is 6.82. The smallest absolute Gasteiger partial charge is 0.261 e. The topological polar surface area (TPSA) is 58.9 Å². The summed E-state index contributed by atoms with van der Waals surface area (Å²) in [6, 6.07) is 1.93. The fraction of sp³-hybridized carbons (Fsp3) is 0.529. The fourth-order valence-electron chi connectivity index (χ4n) is 3.24. The standard InChI is InChI=1S/C17H22N4O2S2/c1-11(2)9-20-3-5-23-12(10-20)8-18-15(22)14-7-13-16(25-14)19-17-21(13)4-6-24-17/h4,6-7,11-12H,3,5,8-10H2,1-2H3,(H,18,22). The number of hydrogen-bond donors (Lipinski definition) is 1. The third-order valence-corrected chi connectivity index (χ3v) is 6.07. The number of amides is 1. The van der Waals surface area contributed by atoms with Crippen LogP contribution >= 0.6 is 22.7 Å². The van der Waals surface area contributed by atoms with Gasteiger partial charge in [0.05, 0.1) is 23.1 Å². The molecule has 134 valence electrons. The molecule has 6 nitrogen and oxygen atoms in total. The Kier molecular flexibility index (Phi) is 4.77. The Balaban J connectivity index is 1.37. The molecule has 3 aromatic rings. The van der Waals surface area contributed by atoms with Gasteiger partial charge in [-0.05, 0) is 12.0 Å². The SMILES string of the molecule is CC(C)CN1CCOC(CNC(=O)c2cc3c(nc4sccn43)s2)C1. The van der Waals surface area contributed by atoms with E-state index < -0.39 is 0 Å². The maximum absolute atomic E-state index is 12.5. The molecule has 4 rings (SSSR count). The minimum atomic E-state index is -0.0448. The Morgan fingerprint density at radius 2 is 2.40 bits per heavy atom. The molecular weight excluding hydrogens is 356 g/mol. The van der Waals surface area contributed by atoms with E-state index in [0.29, 0.717) is 17.3 Å². The van der Waals surface area contributed by atoms with Crippen LogP contribution in [0.3, 0.4) is 0 Å². The van der Waals surface area contributed by atoms with Gasteiger partial charge in [0.1, 0.15) is 4.83 Å². The predicted octanol–water partition coefficient (Wildman–Crippen LogP) is 2.70. The third-order valence-electron chi connectivity index (χ3n) is 4.30. The first-order valence-corrected chi connectivity index (χ1v) is 10.3. The zero-order chi connectivity index (χ0) is 17.4. The van der Waals surface area contributed by atoms with Crippen molar-refractivity contribution in [1.29, 1.82) is 0 Å². The molecule has 1 amide bonds. The maximum atomic E-state index is 12.5. The van der Waals surface area contributed by atoms with E-state index in [1.807, 2.05) is 22.0 Å². The second kappa shape index (κ2) is 7.03. The lowest BCUT2D eigenvalue weighted by Crippen LogP contribution is -2.48. The number of thiazole rings is 1. The van der Waals surface area contributed by atoms with Gasteiger partial charge in [-0.25, -0.2) is 4.98 Å². The van der Waals surface area contributed by atoms with Gasteiger partial charge in [0.25, 0.3) is 5.91 Å². The average molecular weight is 379 g/mol. The molecule has 1 unspecified atom stereocenters. The highest BCUT2D eigenvalue weighted by Gasteiger charge is 2.22. The van der Waals surface area contributed by atoms with Crippen LogP contribution in [0.15, 0.2) is 17.6 Å². The van der Waals surface area contributed by atoms with Crippen molar-refractivity contribution in [2.45, 2.75) is 20.0 Å².